The number of aliphatic hydroxyl groups is 1. The number of benzene rings is 3. The van der Waals surface area contributed by atoms with Gasteiger partial charge in [0, 0.05) is 17.1 Å². The number of hydrogen-bond acceptors (Lipinski definition) is 4. The fraction of sp³-hybridized carbons (Fsp3) is 0.276. The van der Waals surface area contributed by atoms with Crippen LogP contribution in [0.15, 0.2) is 72.9 Å². The summed E-state index contributed by atoms with van der Waals surface area (Å²) in [6.45, 7) is 0.685. The summed E-state index contributed by atoms with van der Waals surface area (Å²) in [6.07, 6.45) is -1.43. The Hall–Kier alpha value is -3.98. The number of halogens is 3. The van der Waals surface area contributed by atoms with Crippen molar-refractivity contribution in [2.45, 2.75) is 32.0 Å². The van der Waals surface area contributed by atoms with Crippen molar-refractivity contribution in [2.75, 3.05) is 19.8 Å². The summed E-state index contributed by atoms with van der Waals surface area (Å²) in [6, 6.07) is 18.5. The third kappa shape index (κ3) is 6.86. The first-order valence-corrected chi connectivity index (χ1v) is 12.3. The SMILES string of the molecule is CCCOc1ccc(-c2cccc(OCC(F)(F)F)c2)cc1C(=O)N[C@H](CO)Cc1c[nH]c2ccccc12. The molecule has 0 fully saturated rings. The Bertz CT molecular complexity index is 1380. The molecule has 6 nitrogen and oxygen atoms in total. The molecule has 3 aromatic carbocycles. The third-order valence-corrected chi connectivity index (χ3v) is 5.95. The van der Waals surface area contributed by atoms with E-state index in [1.165, 1.54) is 12.1 Å². The van der Waals surface area contributed by atoms with Gasteiger partial charge in [0.15, 0.2) is 6.61 Å². The Morgan fingerprint density at radius 2 is 1.82 bits per heavy atom. The van der Waals surface area contributed by atoms with E-state index in [-0.39, 0.29) is 17.9 Å². The normalized spacial score (nSPS) is 12.3. The van der Waals surface area contributed by atoms with Gasteiger partial charge in [-0.25, -0.2) is 0 Å². The number of hydrogen-bond donors (Lipinski definition) is 3. The Kier molecular flexibility index (Phi) is 8.58. The second-order valence-electron chi connectivity index (χ2n) is 8.91. The third-order valence-electron chi connectivity index (χ3n) is 5.95. The molecule has 4 aromatic rings. The van der Waals surface area contributed by atoms with E-state index in [1.807, 2.05) is 37.4 Å². The fourth-order valence-corrected chi connectivity index (χ4v) is 4.15. The van der Waals surface area contributed by atoms with Gasteiger partial charge in [-0.3, -0.25) is 4.79 Å². The Labute approximate surface area is 218 Å². The van der Waals surface area contributed by atoms with Gasteiger partial charge >= 0.3 is 6.18 Å². The molecule has 1 atom stereocenters. The van der Waals surface area contributed by atoms with Crippen molar-refractivity contribution in [1.29, 1.82) is 0 Å². The van der Waals surface area contributed by atoms with Gasteiger partial charge in [0.2, 0.25) is 0 Å². The number of carbonyl (C=O) groups excluding carboxylic acids is 1. The highest BCUT2D eigenvalue weighted by atomic mass is 19.4. The lowest BCUT2D eigenvalue weighted by atomic mass is 10.0. The van der Waals surface area contributed by atoms with Crippen molar-refractivity contribution in [1.82, 2.24) is 10.3 Å². The van der Waals surface area contributed by atoms with E-state index >= 15 is 0 Å². The lowest BCUT2D eigenvalue weighted by Gasteiger charge is -2.18. The quantitative estimate of drug-likeness (QED) is 0.227. The molecule has 9 heteroatoms. The van der Waals surface area contributed by atoms with E-state index < -0.39 is 24.7 Å². The van der Waals surface area contributed by atoms with Crippen molar-refractivity contribution >= 4 is 16.8 Å². The van der Waals surface area contributed by atoms with E-state index in [1.54, 1.807) is 30.3 Å². The van der Waals surface area contributed by atoms with Crippen molar-refractivity contribution in [3.63, 3.8) is 0 Å². The second-order valence-corrected chi connectivity index (χ2v) is 8.91. The summed E-state index contributed by atoms with van der Waals surface area (Å²) < 4.78 is 48.4. The number of para-hydroxylation sites is 1. The summed E-state index contributed by atoms with van der Waals surface area (Å²) in [7, 11) is 0. The predicted octanol–water partition coefficient (Wildman–Crippen LogP) is 5.90. The summed E-state index contributed by atoms with van der Waals surface area (Å²) in [5.41, 5.74) is 3.38. The Morgan fingerprint density at radius 3 is 2.58 bits per heavy atom. The molecular formula is C29H29F3N2O4. The van der Waals surface area contributed by atoms with Crippen LogP contribution in [0.1, 0.15) is 29.3 Å². The van der Waals surface area contributed by atoms with Crippen molar-refractivity contribution in [3.8, 4) is 22.6 Å². The van der Waals surface area contributed by atoms with Gasteiger partial charge in [0.05, 0.1) is 24.8 Å². The summed E-state index contributed by atoms with van der Waals surface area (Å²) >= 11 is 0. The maximum atomic E-state index is 13.4. The van der Waals surface area contributed by atoms with Crippen LogP contribution < -0.4 is 14.8 Å². The van der Waals surface area contributed by atoms with Crippen LogP contribution in [0.2, 0.25) is 0 Å². The molecule has 200 valence electrons. The molecular weight excluding hydrogens is 497 g/mol. The Morgan fingerprint density at radius 1 is 1.03 bits per heavy atom. The van der Waals surface area contributed by atoms with Gasteiger partial charge in [-0.15, -0.1) is 0 Å². The minimum Gasteiger partial charge on any atom is -0.493 e. The lowest BCUT2D eigenvalue weighted by Crippen LogP contribution is -2.39. The van der Waals surface area contributed by atoms with Gasteiger partial charge in [0.25, 0.3) is 5.91 Å². The fourth-order valence-electron chi connectivity index (χ4n) is 4.15. The first-order valence-electron chi connectivity index (χ1n) is 12.3. The van der Waals surface area contributed by atoms with E-state index in [2.05, 4.69) is 10.3 Å². The molecule has 1 aromatic heterocycles. The standard InChI is InChI=1S/C29H29F3N2O4/c1-2-12-37-27-11-10-20(19-6-5-7-23(14-19)38-18-29(30,31)32)15-25(27)28(36)34-22(17-35)13-21-16-33-26-9-4-3-8-24(21)26/h3-11,14-16,22,33,35H,2,12-13,17-18H2,1H3,(H,34,36)/t22-/m0/s1. The van der Waals surface area contributed by atoms with Crippen molar-refractivity contribution in [2.24, 2.45) is 0 Å². The van der Waals surface area contributed by atoms with Crippen LogP contribution in [0.4, 0.5) is 13.2 Å². The van der Waals surface area contributed by atoms with Crippen LogP contribution in [0, 0.1) is 0 Å². The van der Waals surface area contributed by atoms with Crippen LogP contribution >= 0.6 is 0 Å². The first kappa shape index (κ1) is 27.1. The van der Waals surface area contributed by atoms with E-state index in [4.69, 9.17) is 9.47 Å². The van der Waals surface area contributed by atoms with Gasteiger partial charge in [-0.05, 0) is 59.9 Å². The molecule has 0 aliphatic heterocycles. The monoisotopic (exact) mass is 526 g/mol. The molecule has 1 heterocycles. The number of rotatable bonds is 11. The number of aromatic amines is 1. The van der Waals surface area contributed by atoms with Crippen molar-refractivity contribution in [3.05, 3.63) is 84.1 Å². The molecule has 0 saturated carbocycles. The molecule has 4 rings (SSSR count). The van der Waals surface area contributed by atoms with Crippen LogP contribution in [0.3, 0.4) is 0 Å². The highest BCUT2D eigenvalue weighted by molar-refractivity contribution is 5.98. The number of fused-ring (bicyclic) bond motifs is 1. The van der Waals surface area contributed by atoms with Crippen LogP contribution in [-0.4, -0.2) is 48.0 Å². The van der Waals surface area contributed by atoms with Crippen LogP contribution in [0.25, 0.3) is 22.0 Å². The zero-order valence-electron chi connectivity index (χ0n) is 20.8. The largest absolute Gasteiger partial charge is 0.493 e. The number of alkyl halides is 3. The molecule has 3 N–H and O–H groups in total. The van der Waals surface area contributed by atoms with Gasteiger partial charge < -0.3 is 24.9 Å². The molecule has 38 heavy (non-hydrogen) atoms. The number of carbonyl (C=O) groups is 1. The zero-order valence-corrected chi connectivity index (χ0v) is 20.8. The van der Waals surface area contributed by atoms with Crippen LogP contribution in [-0.2, 0) is 6.42 Å². The summed E-state index contributed by atoms with van der Waals surface area (Å²) in [4.78, 5) is 16.6. The number of ether oxygens (including phenoxy) is 2. The van der Waals surface area contributed by atoms with E-state index in [9.17, 15) is 23.1 Å². The molecule has 0 radical (unpaired) electrons. The van der Waals surface area contributed by atoms with Gasteiger partial charge in [0.1, 0.15) is 11.5 Å². The number of amides is 1. The van der Waals surface area contributed by atoms with E-state index in [0.717, 1.165) is 22.9 Å². The molecule has 0 saturated heterocycles. The topological polar surface area (TPSA) is 83.6 Å². The van der Waals surface area contributed by atoms with Gasteiger partial charge in [-0.1, -0.05) is 43.3 Å². The maximum Gasteiger partial charge on any atom is 0.422 e. The number of nitrogens with one attached hydrogen (secondary N) is 2. The summed E-state index contributed by atoms with van der Waals surface area (Å²) in [5, 5.41) is 13.9. The molecule has 0 bridgehead atoms. The maximum absolute atomic E-state index is 13.4. The summed E-state index contributed by atoms with van der Waals surface area (Å²) in [5.74, 6) is 0.0129. The van der Waals surface area contributed by atoms with Crippen LogP contribution in [0.5, 0.6) is 11.5 Å². The highest BCUT2D eigenvalue weighted by Gasteiger charge is 2.28. The number of H-pyrrole nitrogens is 1. The average Bonchev–Trinajstić information content (AvgIpc) is 3.32. The molecule has 0 spiro atoms. The first-order chi connectivity index (χ1) is 18.3. The minimum atomic E-state index is -4.45. The average molecular weight is 527 g/mol. The Balaban J connectivity index is 1.57. The smallest absolute Gasteiger partial charge is 0.422 e. The minimum absolute atomic E-state index is 0.0659. The zero-order chi connectivity index (χ0) is 27.1. The molecule has 1 amide bonds. The van der Waals surface area contributed by atoms with E-state index in [0.29, 0.717) is 29.9 Å². The molecule has 0 unspecified atom stereocenters. The van der Waals surface area contributed by atoms with Crippen molar-refractivity contribution < 1.29 is 32.5 Å². The molecule has 0 aliphatic rings. The van der Waals surface area contributed by atoms with Gasteiger partial charge in [-0.2, -0.15) is 13.2 Å². The molecule has 0 aliphatic carbocycles. The number of aliphatic hydroxyl groups excluding tert-OH is 1. The highest BCUT2D eigenvalue weighted by Crippen LogP contribution is 2.30. The predicted molar refractivity (Wildman–Crippen MR) is 140 cm³/mol. The second kappa shape index (κ2) is 12.0. The lowest BCUT2D eigenvalue weighted by molar-refractivity contribution is -0.153. The number of aromatic nitrogens is 1.